The van der Waals surface area contributed by atoms with Crippen LogP contribution < -0.4 is 5.32 Å². The van der Waals surface area contributed by atoms with Crippen molar-refractivity contribution in [1.29, 1.82) is 0 Å². The summed E-state index contributed by atoms with van der Waals surface area (Å²) in [5.41, 5.74) is 0.722. The van der Waals surface area contributed by atoms with Crippen LogP contribution in [0.25, 0.3) is 0 Å². The van der Waals surface area contributed by atoms with Gasteiger partial charge in [0.2, 0.25) is 0 Å². The largest absolute Gasteiger partial charge is 0.342 e. The molecule has 0 aromatic carbocycles. The molecule has 5 nitrogen and oxygen atoms in total. The van der Waals surface area contributed by atoms with Gasteiger partial charge >= 0.3 is 0 Å². The first-order valence-electron chi connectivity index (χ1n) is 6.76. The van der Waals surface area contributed by atoms with E-state index in [2.05, 4.69) is 29.2 Å². The Labute approximate surface area is 123 Å². The molecule has 20 heavy (non-hydrogen) atoms. The maximum atomic E-state index is 12.3. The fraction of sp³-hybridized carbons (Fsp3) is 0.500. The van der Waals surface area contributed by atoms with Gasteiger partial charge in [-0.05, 0) is 18.4 Å². The number of amides is 1. The predicted octanol–water partition coefficient (Wildman–Crippen LogP) is 2.88. The highest BCUT2D eigenvalue weighted by Crippen LogP contribution is 2.23. The monoisotopic (exact) mass is 292 g/mol. The van der Waals surface area contributed by atoms with Gasteiger partial charge in [-0.25, -0.2) is 4.98 Å². The molecule has 2 rings (SSSR count). The van der Waals surface area contributed by atoms with Gasteiger partial charge in [0.05, 0.1) is 11.6 Å². The molecule has 6 heteroatoms. The van der Waals surface area contributed by atoms with Crippen molar-refractivity contribution in [1.82, 2.24) is 20.1 Å². The van der Waals surface area contributed by atoms with Crippen LogP contribution in [-0.4, -0.2) is 20.7 Å². The number of carbonyl (C=O) groups excluding carboxylic acids is 1. The molecule has 0 spiro atoms. The number of carbonyl (C=O) groups is 1. The summed E-state index contributed by atoms with van der Waals surface area (Å²) in [5, 5.41) is 8.98. The van der Waals surface area contributed by atoms with Crippen LogP contribution in [0.1, 0.15) is 60.2 Å². The Hall–Kier alpha value is -1.69. The van der Waals surface area contributed by atoms with Crippen LogP contribution in [0.4, 0.5) is 0 Å². The quantitative estimate of drug-likeness (QED) is 0.921. The molecular formula is C14H20N4OS. The highest BCUT2D eigenvalue weighted by molar-refractivity contribution is 7.10. The minimum absolute atomic E-state index is 0.0528. The van der Waals surface area contributed by atoms with Crippen molar-refractivity contribution in [3.63, 3.8) is 0 Å². The van der Waals surface area contributed by atoms with Crippen molar-refractivity contribution in [2.24, 2.45) is 7.05 Å². The molecule has 0 unspecified atom stereocenters. The second-order valence-corrected chi connectivity index (χ2v) is 6.01. The molecule has 1 N–H and O–H groups in total. The molecule has 0 fully saturated rings. The summed E-state index contributed by atoms with van der Waals surface area (Å²) in [5.74, 6) is 1.17. The lowest BCUT2D eigenvalue weighted by Gasteiger charge is -2.15. The Morgan fingerprint density at radius 1 is 1.50 bits per heavy atom. The number of nitrogens with one attached hydrogen (secondary N) is 1. The van der Waals surface area contributed by atoms with Crippen LogP contribution in [0, 0.1) is 0 Å². The highest BCUT2D eigenvalue weighted by Gasteiger charge is 2.19. The third kappa shape index (κ3) is 3.07. The molecule has 0 aliphatic carbocycles. The number of aryl methyl sites for hydroxylation is 1. The van der Waals surface area contributed by atoms with Crippen molar-refractivity contribution in [2.75, 3.05) is 0 Å². The van der Waals surface area contributed by atoms with E-state index >= 15 is 0 Å². The summed E-state index contributed by atoms with van der Waals surface area (Å²) < 4.78 is 1.70. The minimum Gasteiger partial charge on any atom is -0.342 e. The van der Waals surface area contributed by atoms with Crippen molar-refractivity contribution in [2.45, 2.75) is 39.2 Å². The molecule has 1 amide bonds. The van der Waals surface area contributed by atoms with E-state index in [4.69, 9.17) is 0 Å². The number of aromatic nitrogens is 3. The average molecular weight is 292 g/mol. The maximum absolute atomic E-state index is 12.3. The maximum Gasteiger partial charge on any atom is 0.252 e. The van der Waals surface area contributed by atoms with Crippen LogP contribution in [0.5, 0.6) is 0 Å². The molecule has 2 heterocycles. The second-order valence-electron chi connectivity index (χ2n) is 5.07. The molecule has 0 aliphatic rings. The fourth-order valence-corrected chi connectivity index (χ4v) is 2.89. The second kappa shape index (κ2) is 6.17. The lowest BCUT2D eigenvalue weighted by molar-refractivity contribution is 0.0933. The predicted molar refractivity (Wildman–Crippen MR) is 79.9 cm³/mol. The SMILES string of the molecule is CC[C@@H](NC(=O)c1csc(C(C)C)c1)c1ncnn1C. The highest BCUT2D eigenvalue weighted by atomic mass is 32.1. The van der Waals surface area contributed by atoms with Crippen LogP contribution >= 0.6 is 11.3 Å². The van der Waals surface area contributed by atoms with Gasteiger partial charge < -0.3 is 5.32 Å². The zero-order valence-electron chi connectivity index (χ0n) is 12.3. The van der Waals surface area contributed by atoms with E-state index in [1.54, 1.807) is 16.0 Å². The molecule has 2 aromatic rings. The Kier molecular flexibility index (Phi) is 4.54. The first-order valence-corrected chi connectivity index (χ1v) is 7.64. The molecule has 0 radical (unpaired) electrons. The zero-order chi connectivity index (χ0) is 14.7. The number of hydrogen-bond donors (Lipinski definition) is 1. The summed E-state index contributed by atoms with van der Waals surface area (Å²) in [6.07, 6.45) is 2.28. The van der Waals surface area contributed by atoms with E-state index in [0.717, 1.165) is 17.8 Å². The van der Waals surface area contributed by atoms with Crippen LogP contribution in [0.2, 0.25) is 0 Å². The number of hydrogen-bond acceptors (Lipinski definition) is 4. The third-order valence-corrected chi connectivity index (χ3v) is 4.46. The molecule has 0 bridgehead atoms. The van der Waals surface area contributed by atoms with Gasteiger partial charge in [0.15, 0.2) is 0 Å². The molecular weight excluding hydrogens is 272 g/mol. The van der Waals surface area contributed by atoms with Gasteiger partial charge in [-0.3, -0.25) is 9.48 Å². The zero-order valence-corrected chi connectivity index (χ0v) is 13.1. The van der Waals surface area contributed by atoms with Crippen LogP contribution in [-0.2, 0) is 7.05 Å². The molecule has 0 saturated carbocycles. The summed E-state index contributed by atoms with van der Waals surface area (Å²) in [6, 6.07) is 1.85. The smallest absolute Gasteiger partial charge is 0.252 e. The van der Waals surface area contributed by atoms with Crippen molar-refractivity contribution < 1.29 is 4.79 Å². The van der Waals surface area contributed by atoms with Crippen molar-refractivity contribution in [3.05, 3.63) is 34.0 Å². The molecule has 1 atom stereocenters. The molecule has 2 aromatic heterocycles. The Balaban J connectivity index is 2.11. The standard InChI is InChI=1S/C14H20N4OS/c1-5-11(13-15-8-16-18(13)4)17-14(19)10-6-12(9(2)3)20-7-10/h6-9,11H,5H2,1-4H3,(H,17,19)/t11-/m1/s1. The van der Waals surface area contributed by atoms with E-state index in [9.17, 15) is 4.79 Å². The Morgan fingerprint density at radius 3 is 2.75 bits per heavy atom. The third-order valence-electron chi connectivity index (χ3n) is 3.22. The van der Waals surface area contributed by atoms with E-state index in [1.807, 2.05) is 25.4 Å². The molecule has 0 aliphatic heterocycles. The number of rotatable bonds is 5. The van der Waals surface area contributed by atoms with Crippen LogP contribution in [0.3, 0.4) is 0 Å². The van der Waals surface area contributed by atoms with Gasteiger partial charge in [-0.15, -0.1) is 11.3 Å². The first-order chi connectivity index (χ1) is 9.52. The van der Waals surface area contributed by atoms with Crippen LogP contribution in [0.15, 0.2) is 17.8 Å². The Morgan fingerprint density at radius 2 is 2.25 bits per heavy atom. The van der Waals surface area contributed by atoms with Gasteiger partial charge in [0.1, 0.15) is 12.2 Å². The van der Waals surface area contributed by atoms with E-state index in [1.165, 1.54) is 11.2 Å². The van der Waals surface area contributed by atoms with Crippen molar-refractivity contribution in [3.8, 4) is 0 Å². The summed E-state index contributed by atoms with van der Waals surface area (Å²) in [7, 11) is 1.83. The Bertz CT molecular complexity index is 588. The van der Waals surface area contributed by atoms with E-state index < -0.39 is 0 Å². The lowest BCUT2D eigenvalue weighted by atomic mass is 10.1. The first kappa shape index (κ1) is 14.7. The summed E-state index contributed by atoms with van der Waals surface area (Å²) in [6.45, 7) is 6.27. The van der Waals surface area contributed by atoms with E-state index in [0.29, 0.717) is 5.92 Å². The van der Waals surface area contributed by atoms with Gasteiger partial charge in [-0.1, -0.05) is 20.8 Å². The number of thiophene rings is 1. The molecule has 0 saturated heterocycles. The van der Waals surface area contributed by atoms with Crippen molar-refractivity contribution >= 4 is 17.2 Å². The average Bonchev–Trinajstić information content (AvgIpc) is 3.04. The molecule has 108 valence electrons. The van der Waals surface area contributed by atoms with Gasteiger partial charge in [-0.2, -0.15) is 5.10 Å². The normalized spacial score (nSPS) is 12.7. The lowest BCUT2D eigenvalue weighted by Crippen LogP contribution is -2.29. The van der Waals surface area contributed by atoms with Gasteiger partial charge in [0, 0.05) is 17.3 Å². The summed E-state index contributed by atoms with van der Waals surface area (Å²) >= 11 is 1.63. The van der Waals surface area contributed by atoms with Gasteiger partial charge in [0.25, 0.3) is 5.91 Å². The number of nitrogens with zero attached hydrogens (tertiary/aromatic N) is 3. The summed E-state index contributed by atoms with van der Waals surface area (Å²) in [4.78, 5) is 17.7. The van der Waals surface area contributed by atoms with E-state index in [-0.39, 0.29) is 11.9 Å². The topological polar surface area (TPSA) is 59.8 Å². The minimum atomic E-state index is -0.114. The fourth-order valence-electron chi connectivity index (χ4n) is 1.99.